The van der Waals surface area contributed by atoms with E-state index in [1.807, 2.05) is 4.90 Å². The Morgan fingerprint density at radius 2 is 2.13 bits per heavy atom. The highest BCUT2D eigenvalue weighted by Crippen LogP contribution is 2.37. The van der Waals surface area contributed by atoms with Crippen LogP contribution >= 0.6 is 11.6 Å². The fraction of sp³-hybridized carbons (Fsp3) is 0.286. The van der Waals surface area contributed by atoms with Gasteiger partial charge in [-0.25, -0.2) is 9.67 Å². The zero-order valence-corrected chi connectivity index (χ0v) is 16.5. The number of benzene rings is 1. The molecule has 0 spiro atoms. The van der Waals surface area contributed by atoms with Gasteiger partial charge in [0, 0.05) is 23.7 Å². The molecule has 2 aliphatic rings. The average molecular weight is 418 g/mol. The van der Waals surface area contributed by atoms with Crippen molar-refractivity contribution in [2.24, 2.45) is 0 Å². The van der Waals surface area contributed by atoms with Crippen molar-refractivity contribution in [3.05, 3.63) is 52.8 Å². The number of pyridine rings is 1. The number of hydrogen-bond donors (Lipinski definition) is 1. The molecule has 2 fully saturated rings. The fourth-order valence-corrected chi connectivity index (χ4v) is 4.80. The second kappa shape index (κ2) is 7.01. The monoisotopic (exact) mass is 417 g/mol. The molecule has 1 amide bonds. The number of fused-ring (bicyclic) bond motifs is 3. The van der Waals surface area contributed by atoms with Gasteiger partial charge in [0.25, 0.3) is 5.91 Å². The number of hydrogen-bond acceptors (Lipinski definition) is 6. The Morgan fingerprint density at radius 3 is 2.90 bits per heavy atom. The lowest BCUT2D eigenvalue weighted by Crippen LogP contribution is -2.43. The molecule has 3 aromatic rings. The lowest BCUT2D eigenvalue weighted by atomic mass is 9.95. The second-order valence-corrected chi connectivity index (χ2v) is 7.99. The third-order valence-electron chi connectivity index (χ3n) is 5.96. The minimum absolute atomic E-state index is 0.0525. The number of halogens is 1. The Labute approximate surface area is 177 Å². The van der Waals surface area contributed by atoms with Crippen LogP contribution in [0.5, 0.6) is 0 Å². The maximum atomic E-state index is 12.9. The number of carbonyl (C=O) groups is 1. The van der Waals surface area contributed by atoms with E-state index in [0.717, 1.165) is 24.6 Å². The summed E-state index contributed by atoms with van der Waals surface area (Å²) in [5.74, 6) is 0.241. The predicted molar refractivity (Wildman–Crippen MR) is 109 cm³/mol. The van der Waals surface area contributed by atoms with Crippen molar-refractivity contribution in [1.82, 2.24) is 25.0 Å². The van der Waals surface area contributed by atoms with Gasteiger partial charge in [-0.2, -0.15) is 15.6 Å². The standard InChI is InChI=1S/C21H16ClN7O/c22-16-8-19-13(10-26-29(19)20-5-12(9-23)3-4-25-20)6-15(16)21(30)27-17-7-14-1-2-18(17)28(14)11-24/h3-6,8,10,14,17-18H,1-2,7H2,(H,27,30)/t14-,17+,18+/m0/s1. The lowest BCUT2D eigenvalue weighted by Gasteiger charge is -2.22. The van der Waals surface area contributed by atoms with E-state index in [0.29, 0.717) is 27.5 Å². The van der Waals surface area contributed by atoms with Crippen LogP contribution in [0.25, 0.3) is 16.7 Å². The van der Waals surface area contributed by atoms with Crippen LogP contribution in [0.15, 0.2) is 36.7 Å². The molecule has 1 aromatic carbocycles. The van der Waals surface area contributed by atoms with Crippen LogP contribution in [0, 0.1) is 22.8 Å². The topological polar surface area (TPSA) is 111 Å². The van der Waals surface area contributed by atoms with Gasteiger partial charge in [-0.1, -0.05) is 11.6 Å². The van der Waals surface area contributed by atoms with E-state index in [-0.39, 0.29) is 24.0 Å². The van der Waals surface area contributed by atoms with Gasteiger partial charge < -0.3 is 10.2 Å². The first-order valence-corrected chi connectivity index (χ1v) is 9.99. The van der Waals surface area contributed by atoms with E-state index in [1.54, 1.807) is 41.3 Å². The van der Waals surface area contributed by atoms with Crippen molar-refractivity contribution in [3.63, 3.8) is 0 Å². The van der Waals surface area contributed by atoms with Crippen LogP contribution in [-0.4, -0.2) is 43.7 Å². The fourth-order valence-electron chi connectivity index (χ4n) is 4.55. The molecule has 2 aliphatic heterocycles. The van der Waals surface area contributed by atoms with E-state index in [9.17, 15) is 10.1 Å². The summed E-state index contributed by atoms with van der Waals surface area (Å²) in [4.78, 5) is 19.0. The maximum Gasteiger partial charge on any atom is 0.253 e. The largest absolute Gasteiger partial charge is 0.347 e. The van der Waals surface area contributed by atoms with Crippen molar-refractivity contribution >= 4 is 28.4 Å². The molecule has 5 rings (SSSR count). The van der Waals surface area contributed by atoms with Gasteiger partial charge in [-0.15, -0.1) is 0 Å². The molecule has 4 heterocycles. The Balaban J connectivity index is 1.44. The smallest absolute Gasteiger partial charge is 0.253 e. The summed E-state index contributed by atoms with van der Waals surface area (Å²) >= 11 is 6.46. The highest BCUT2D eigenvalue weighted by Gasteiger charge is 2.46. The predicted octanol–water partition coefficient (Wildman–Crippen LogP) is 2.76. The van der Waals surface area contributed by atoms with Gasteiger partial charge >= 0.3 is 0 Å². The van der Waals surface area contributed by atoms with Crippen LogP contribution in [-0.2, 0) is 0 Å². The minimum Gasteiger partial charge on any atom is -0.347 e. The molecule has 9 heteroatoms. The zero-order valence-electron chi connectivity index (χ0n) is 15.8. The van der Waals surface area contributed by atoms with Gasteiger partial charge in [-0.05, 0) is 37.5 Å². The Bertz CT molecular complexity index is 1250. The molecule has 0 saturated carbocycles. The molecular weight excluding hydrogens is 402 g/mol. The Kier molecular flexibility index (Phi) is 4.30. The van der Waals surface area contributed by atoms with Crippen LogP contribution in [0.1, 0.15) is 35.2 Å². The van der Waals surface area contributed by atoms with Crippen LogP contribution in [0.2, 0.25) is 5.02 Å². The second-order valence-electron chi connectivity index (χ2n) is 7.58. The first-order chi connectivity index (χ1) is 14.6. The molecule has 2 saturated heterocycles. The number of nitrogens with one attached hydrogen (secondary N) is 1. The molecule has 0 radical (unpaired) electrons. The molecule has 8 nitrogen and oxygen atoms in total. The van der Waals surface area contributed by atoms with Crippen LogP contribution < -0.4 is 5.32 Å². The number of nitrogens with zero attached hydrogens (tertiary/aromatic N) is 6. The molecule has 2 aromatic heterocycles. The number of amides is 1. The number of aromatic nitrogens is 3. The first kappa shape index (κ1) is 18.4. The lowest BCUT2D eigenvalue weighted by molar-refractivity contribution is 0.0928. The minimum atomic E-state index is -0.255. The Hall–Kier alpha value is -3.62. The van der Waals surface area contributed by atoms with Gasteiger partial charge in [0.1, 0.15) is 0 Å². The maximum absolute atomic E-state index is 12.9. The summed E-state index contributed by atoms with van der Waals surface area (Å²) < 4.78 is 1.59. The molecule has 2 bridgehead atoms. The molecule has 3 atom stereocenters. The average Bonchev–Trinajstić information content (AvgIpc) is 3.44. The molecule has 0 aliphatic carbocycles. The third kappa shape index (κ3) is 2.85. The SMILES string of the molecule is N#Cc1ccnc(-n2ncc3cc(C(=O)N[C@@H]4C[C@@H]5CC[C@H]4N5C#N)c(Cl)cc32)c1. The molecule has 1 N–H and O–H groups in total. The van der Waals surface area contributed by atoms with E-state index in [1.165, 1.54) is 0 Å². The summed E-state index contributed by atoms with van der Waals surface area (Å²) in [6, 6.07) is 8.96. The summed E-state index contributed by atoms with van der Waals surface area (Å²) in [5.41, 5.74) is 1.53. The number of carbonyl (C=O) groups excluding carboxylic acids is 1. The van der Waals surface area contributed by atoms with Gasteiger partial charge in [-0.3, -0.25) is 4.79 Å². The molecule has 148 valence electrons. The van der Waals surface area contributed by atoms with Crippen molar-refractivity contribution < 1.29 is 4.79 Å². The van der Waals surface area contributed by atoms with E-state index in [4.69, 9.17) is 16.9 Å². The zero-order chi connectivity index (χ0) is 20.8. The highest BCUT2D eigenvalue weighted by molar-refractivity contribution is 6.34. The molecular formula is C21H16ClN7O. The summed E-state index contributed by atoms with van der Waals surface area (Å²) in [6.07, 6.45) is 8.13. The quantitative estimate of drug-likeness (QED) is 0.656. The van der Waals surface area contributed by atoms with Gasteiger partial charge in [0.2, 0.25) is 0 Å². The van der Waals surface area contributed by atoms with Crippen molar-refractivity contribution in [3.8, 4) is 18.1 Å². The number of rotatable bonds is 3. The third-order valence-corrected chi connectivity index (χ3v) is 6.27. The van der Waals surface area contributed by atoms with Crippen LogP contribution in [0.3, 0.4) is 0 Å². The van der Waals surface area contributed by atoms with Crippen molar-refractivity contribution in [1.29, 1.82) is 10.5 Å². The molecule has 30 heavy (non-hydrogen) atoms. The highest BCUT2D eigenvalue weighted by atomic mass is 35.5. The van der Waals surface area contributed by atoms with Gasteiger partial charge in [0.15, 0.2) is 12.0 Å². The van der Waals surface area contributed by atoms with E-state index < -0.39 is 0 Å². The van der Waals surface area contributed by atoms with Gasteiger partial charge in [0.05, 0.1) is 46.0 Å². The summed E-state index contributed by atoms with van der Waals surface area (Å²) in [7, 11) is 0. The van der Waals surface area contributed by atoms with Crippen LogP contribution in [0.4, 0.5) is 0 Å². The Morgan fingerprint density at radius 1 is 1.27 bits per heavy atom. The van der Waals surface area contributed by atoms with E-state index >= 15 is 0 Å². The van der Waals surface area contributed by atoms with E-state index in [2.05, 4.69) is 27.7 Å². The van der Waals surface area contributed by atoms with Crippen molar-refractivity contribution in [2.75, 3.05) is 0 Å². The first-order valence-electron chi connectivity index (χ1n) is 9.62. The summed E-state index contributed by atoms with van der Waals surface area (Å²) in [5, 5.41) is 26.9. The van der Waals surface area contributed by atoms with Crippen molar-refractivity contribution in [2.45, 2.75) is 37.4 Å². The normalized spacial score (nSPS) is 22.1. The summed E-state index contributed by atoms with van der Waals surface area (Å²) in [6.45, 7) is 0. The molecule has 0 unspecified atom stereocenters. The number of nitriles is 2.